The summed E-state index contributed by atoms with van der Waals surface area (Å²) in [4.78, 5) is 39.8. The fourth-order valence-corrected chi connectivity index (χ4v) is 7.37. The van der Waals surface area contributed by atoms with Crippen molar-refractivity contribution in [2.45, 2.75) is 12.2 Å². The number of nitrogens with zero attached hydrogens (tertiary/aromatic N) is 1. The molecule has 1 rings (SSSR count). The molecular formula is C19H26I3N3O9. The van der Waals surface area contributed by atoms with Crippen molar-refractivity contribution < 1.29 is 44.7 Å². The first-order chi connectivity index (χ1) is 16.0. The van der Waals surface area contributed by atoms with E-state index in [0.717, 1.165) is 0 Å². The van der Waals surface area contributed by atoms with Crippen molar-refractivity contribution in [2.75, 3.05) is 58.1 Å². The number of aliphatic hydroxyl groups is 5. The van der Waals surface area contributed by atoms with Gasteiger partial charge in [-0.05, 0) is 67.8 Å². The zero-order valence-electron chi connectivity index (χ0n) is 18.1. The first-order valence-electron chi connectivity index (χ1n) is 9.80. The van der Waals surface area contributed by atoms with Crippen molar-refractivity contribution in [1.82, 2.24) is 10.6 Å². The van der Waals surface area contributed by atoms with Crippen LogP contribution in [-0.4, -0.2) is 109 Å². The molecule has 1 aromatic carbocycles. The Morgan fingerprint density at radius 1 is 0.882 bits per heavy atom. The Morgan fingerprint density at radius 2 is 1.32 bits per heavy atom. The van der Waals surface area contributed by atoms with Gasteiger partial charge in [-0.1, -0.05) is 0 Å². The summed E-state index contributed by atoms with van der Waals surface area (Å²) in [6, 6.07) is 0. The fourth-order valence-electron chi connectivity index (χ4n) is 2.64. The SMILES string of the molecule is COCCN(C(=O)CO)c1c(I)c(C(=O)NCC(O)CO)c(I)c(C(=O)NCC(O)CO)c1I. The molecule has 0 spiro atoms. The summed E-state index contributed by atoms with van der Waals surface area (Å²) >= 11 is 5.55. The summed E-state index contributed by atoms with van der Waals surface area (Å²) in [5.41, 5.74) is 0.295. The van der Waals surface area contributed by atoms with Crippen LogP contribution in [0.3, 0.4) is 0 Å². The number of hydrogen-bond acceptors (Lipinski definition) is 9. The lowest BCUT2D eigenvalue weighted by Crippen LogP contribution is -2.40. The highest BCUT2D eigenvalue weighted by molar-refractivity contribution is 14.1. The van der Waals surface area contributed by atoms with E-state index in [0.29, 0.717) is 7.14 Å². The summed E-state index contributed by atoms with van der Waals surface area (Å²) in [6.07, 6.45) is -2.39. The van der Waals surface area contributed by atoms with Crippen LogP contribution in [0, 0.1) is 10.7 Å². The van der Waals surface area contributed by atoms with Crippen molar-refractivity contribution in [2.24, 2.45) is 0 Å². The molecule has 0 aliphatic carbocycles. The van der Waals surface area contributed by atoms with Crippen LogP contribution in [0.15, 0.2) is 0 Å². The normalized spacial score (nSPS) is 12.7. The third-order valence-electron chi connectivity index (χ3n) is 4.39. The molecule has 12 nitrogen and oxygen atoms in total. The summed E-state index contributed by atoms with van der Waals surface area (Å²) in [5, 5.41) is 51.7. The van der Waals surface area contributed by atoms with Crippen LogP contribution in [0.2, 0.25) is 0 Å². The standard InChI is InChI=1S/C19H26I3N3O9/c1-34-3-2-25(11(31)8-28)17-15(21)12(18(32)23-4-9(29)6-26)14(20)13(16(17)22)19(33)24-5-10(30)7-27/h9-10,26-30H,2-8H2,1H3,(H,23,32)(H,24,33). The summed E-state index contributed by atoms with van der Waals surface area (Å²) in [5.74, 6) is -2.00. The smallest absolute Gasteiger partial charge is 0.253 e. The molecule has 0 aliphatic heterocycles. The van der Waals surface area contributed by atoms with Crippen LogP contribution in [0.1, 0.15) is 20.7 Å². The number of aliphatic hydroxyl groups excluding tert-OH is 5. The largest absolute Gasteiger partial charge is 0.394 e. The topological polar surface area (TPSA) is 189 Å². The zero-order chi connectivity index (χ0) is 26.0. The second-order valence-electron chi connectivity index (χ2n) is 6.83. The molecule has 15 heteroatoms. The lowest BCUT2D eigenvalue weighted by Gasteiger charge is -2.27. The minimum atomic E-state index is -1.19. The molecule has 0 heterocycles. The van der Waals surface area contributed by atoms with Gasteiger partial charge in [-0.25, -0.2) is 0 Å². The monoisotopic (exact) mass is 821 g/mol. The first kappa shape index (κ1) is 31.6. The number of anilines is 1. The van der Waals surface area contributed by atoms with Crippen LogP contribution in [0.25, 0.3) is 0 Å². The van der Waals surface area contributed by atoms with Gasteiger partial charge in [0.15, 0.2) is 0 Å². The lowest BCUT2D eigenvalue weighted by atomic mass is 10.1. The van der Waals surface area contributed by atoms with Crippen molar-refractivity contribution in [3.8, 4) is 0 Å². The Labute approximate surface area is 236 Å². The van der Waals surface area contributed by atoms with Crippen molar-refractivity contribution >= 4 is 91.2 Å². The lowest BCUT2D eigenvalue weighted by molar-refractivity contribution is -0.121. The van der Waals surface area contributed by atoms with Gasteiger partial charge in [0.05, 0.1) is 56.0 Å². The highest BCUT2D eigenvalue weighted by atomic mass is 127. The number of rotatable bonds is 13. The number of nitrogens with one attached hydrogen (secondary N) is 2. The molecule has 3 amide bonds. The maximum absolute atomic E-state index is 13.0. The minimum absolute atomic E-state index is 0.0249. The van der Waals surface area contributed by atoms with Crippen LogP contribution in [0.4, 0.5) is 5.69 Å². The molecule has 0 aliphatic rings. The van der Waals surface area contributed by atoms with E-state index < -0.39 is 49.8 Å². The van der Waals surface area contributed by atoms with Crippen LogP contribution in [-0.2, 0) is 9.53 Å². The van der Waals surface area contributed by atoms with Gasteiger partial charge in [0.2, 0.25) is 0 Å². The Kier molecular flexibility index (Phi) is 14.5. The molecule has 0 saturated heterocycles. The van der Waals surface area contributed by atoms with Gasteiger partial charge in [0.25, 0.3) is 17.7 Å². The Morgan fingerprint density at radius 3 is 1.68 bits per heavy atom. The number of halogens is 3. The minimum Gasteiger partial charge on any atom is -0.394 e. The van der Waals surface area contributed by atoms with E-state index in [-0.39, 0.29) is 46.6 Å². The van der Waals surface area contributed by atoms with E-state index >= 15 is 0 Å². The van der Waals surface area contributed by atoms with Gasteiger partial charge < -0.3 is 45.8 Å². The van der Waals surface area contributed by atoms with Gasteiger partial charge in [0, 0.05) is 30.3 Å². The van der Waals surface area contributed by atoms with Crippen LogP contribution < -0.4 is 15.5 Å². The van der Waals surface area contributed by atoms with E-state index in [9.17, 15) is 29.7 Å². The highest BCUT2D eigenvalue weighted by Crippen LogP contribution is 2.38. The molecule has 192 valence electrons. The van der Waals surface area contributed by atoms with E-state index in [1.807, 2.05) is 67.8 Å². The Hall–Kier alpha value is -0.420. The molecule has 0 aromatic heterocycles. The van der Waals surface area contributed by atoms with Gasteiger partial charge in [-0.3, -0.25) is 14.4 Å². The Balaban J connectivity index is 3.72. The average Bonchev–Trinajstić information content (AvgIpc) is 2.82. The zero-order valence-corrected chi connectivity index (χ0v) is 24.5. The molecule has 2 atom stereocenters. The number of amides is 3. The summed E-state index contributed by atoms with van der Waals surface area (Å²) in [7, 11) is 1.43. The van der Waals surface area contributed by atoms with Crippen molar-refractivity contribution in [3.05, 3.63) is 21.8 Å². The van der Waals surface area contributed by atoms with Gasteiger partial charge in [-0.15, -0.1) is 0 Å². The predicted molar refractivity (Wildman–Crippen MR) is 147 cm³/mol. The van der Waals surface area contributed by atoms with Crippen LogP contribution in [0.5, 0.6) is 0 Å². The maximum Gasteiger partial charge on any atom is 0.253 e. The predicted octanol–water partition coefficient (Wildman–Crippen LogP) is -1.36. The summed E-state index contributed by atoms with van der Waals surface area (Å²) < 4.78 is 5.92. The third-order valence-corrected chi connectivity index (χ3v) is 7.57. The maximum atomic E-state index is 13.0. The van der Waals surface area contributed by atoms with E-state index in [4.69, 9.17) is 14.9 Å². The quantitative estimate of drug-likeness (QED) is 0.118. The van der Waals surface area contributed by atoms with Crippen molar-refractivity contribution in [1.29, 1.82) is 0 Å². The van der Waals surface area contributed by atoms with Crippen molar-refractivity contribution in [3.63, 3.8) is 0 Å². The summed E-state index contributed by atoms with van der Waals surface area (Å²) in [6.45, 7) is -2.33. The molecule has 0 saturated carbocycles. The third kappa shape index (κ3) is 8.32. The molecular weight excluding hydrogens is 795 g/mol. The highest BCUT2D eigenvalue weighted by Gasteiger charge is 2.32. The van der Waals surface area contributed by atoms with Gasteiger partial charge >= 0.3 is 0 Å². The molecule has 2 unspecified atom stereocenters. The molecule has 0 bridgehead atoms. The molecule has 0 fully saturated rings. The molecule has 0 radical (unpaired) electrons. The average molecular weight is 821 g/mol. The Bertz CT molecular complexity index is 835. The van der Waals surface area contributed by atoms with E-state index in [1.54, 1.807) is 0 Å². The molecule has 34 heavy (non-hydrogen) atoms. The number of carbonyl (C=O) groups excluding carboxylic acids is 3. The number of benzene rings is 1. The van der Waals surface area contributed by atoms with Gasteiger partial charge in [0.1, 0.15) is 6.61 Å². The molecule has 7 N–H and O–H groups in total. The van der Waals surface area contributed by atoms with Gasteiger partial charge in [-0.2, -0.15) is 0 Å². The van der Waals surface area contributed by atoms with E-state index in [2.05, 4.69) is 10.6 Å². The number of carbonyl (C=O) groups is 3. The number of hydrogen-bond donors (Lipinski definition) is 7. The fraction of sp³-hybridized carbons (Fsp3) is 0.526. The number of ether oxygens (including phenoxy) is 1. The van der Waals surface area contributed by atoms with E-state index in [1.165, 1.54) is 12.0 Å². The molecule has 1 aromatic rings. The second kappa shape index (κ2) is 15.6. The first-order valence-corrected chi connectivity index (χ1v) is 13.0. The second-order valence-corrected chi connectivity index (χ2v) is 10.1. The number of methoxy groups -OCH3 is 1. The van der Waals surface area contributed by atoms with Crippen LogP contribution >= 0.6 is 67.8 Å².